The number of anilines is 1. The number of nitrogens with zero attached hydrogens (tertiary/aromatic N) is 1. The van der Waals surface area contributed by atoms with Crippen LogP contribution in [-0.2, 0) is 16.4 Å². The largest absolute Gasteiger partial charge is 0.379 e. The van der Waals surface area contributed by atoms with Gasteiger partial charge in [-0.05, 0) is 25.5 Å². The summed E-state index contributed by atoms with van der Waals surface area (Å²) in [5.74, 6) is 0.172. The molecule has 2 aromatic rings. The number of sulfone groups is 1. The van der Waals surface area contributed by atoms with Gasteiger partial charge in [-0.25, -0.2) is 13.4 Å². The van der Waals surface area contributed by atoms with Gasteiger partial charge in [-0.15, -0.1) is 11.3 Å². The van der Waals surface area contributed by atoms with Crippen molar-refractivity contribution < 1.29 is 8.42 Å². The molecule has 1 N–H and O–H groups in total. The van der Waals surface area contributed by atoms with Gasteiger partial charge in [-0.3, -0.25) is 0 Å². The van der Waals surface area contributed by atoms with Crippen molar-refractivity contribution in [1.29, 1.82) is 0 Å². The second kappa shape index (κ2) is 6.37. The van der Waals surface area contributed by atoms with E-state index in [-0.39, 0.29) is 5.75 Å². The van der Waals surface area contributed by atoms with Crippen molar-refractivity contribution in [3.8, 4) is 0 Å². The predicted octanol–water partition coefficient (Wildman–Crippen LogP) is 3.25. The van der Waals surface area contributed by atoms with Gasteiger partial charge in [0.25, 0.3) is 0 Å². The average molecular weight is 310 g/mol. The van der Waals surface area contributed by atoms with Crippen LogP contribution in [0.15, 0.2) is 35.4 Å². The van der Waals surface area contributed by atoms with Crippen molar-refractivity contribution >= 4 is 26.9 Å². The highest BCUT2D eigenvalue weighted by Crippen LogP contribution is 2.24. The van der Waals surface area contributed by atoms with Gasteiger partial charge >= 0.3 is 0 Å². The molecule has 0 aliphatic heterocycles. The minimum absolute atomic E-state index is 0.172. The first-order valence-corrected chi connectivity index (χ1v) is 8.97. The van der Waals surface area contributed by atoms with E-state index in [1.54, 1.807) is 29.5 Å². The van der Waals surface area contributed by atoms with Crippen LogP contribution in [0.2, 0.25) is 0 Å². The molecular formula is C14H18N2O2S2. The van der Waals surface area contributed by atoms with Crippen molar-refractivity contribution in [2.24, 2.45) is 0 Å². The number of hydrogen-bond donors (Lipinski definition) is 1. The van der Waals surface area contributed by atoms with Gasteiger partial charge in [0.2, 0.25) is 0 Å². The lowest BCUT2D eigenvalue weighted by Crippen LogP contribution is -2.10. The topological polar surface area (TPSA) is 59.1 Å². The average Bonchev–Trinajstić information content (AvgIpc) is 2.82. The quantitative estimate of drug-likeness (QED) is 0.890. The number of aromatic nitrogens is 1. The number of thiazole rings is 1. The zero-order chi connectivity index (χ0) is 14.6. The van der Waals surface area contributed by atoms with E-state index in [0.717, 1.165) is 9.88 Å². The van der Waals surface area contributed by atoms with Crippen LogP contribution in [-0.4, -0.2) is 19.2 Å². The lowest BCUT2D eigenvalue weighted by atomic mass is 10.3. The molecule has 0 radical (unpaired) electrons. The van der Waals surface area contributed by atoms with Crippen molar-refractivity contribution in [2.75, 3.05) is 11.1 Å². The fourth-order valence-corrected chi connectivity index (χ4v) is 4.19. The van der Waals surface area contributed by atoms with E-state index < -0.39 is 9.84 Å². The van der Waals surface area contributed by atoms with E-state index in [0.29, 0.717) is 23.5 Å². The standard InChI is InChI=1S/C14H18N2O2S2/c1-3-8-20(17,18)14-7-5-4-6-13(14)16-10-12-9-15-11(2)19-12/h4-7,9,16H,3,8,10H2,1-2H3. The first kappa shape index (κ1) is 15.0. The minimum atomic E-state index is -3.21. The molecule has 0 fully saturated rings. The molecule has 0 saturated heterocycles. The molecule has 0 aliphatic carbocycles. The molecule has 0 unspecified atom stereocenters. The van der Waals surface area contributed by atoms with Crippen molar-refractivity contribution in [2.45, 2.75) is 31.7 Å². The number of benzene rings is 1. The van der Waals surface area contributed by atoms with Crippen LogP contribution in [0.5, 0.6) is 0 Å². The third-order valence-corrected chi connectivity index (χ3v) is 5.70. The van der Waals surface area contributed by atoms with E-state index in [1.165, 1.54) is 0 Å². The second-order valence-corrected chi connectivity index (χ2v) is 7.91. The molecule has 0 spiro atoms. The number of rotatable bonds is 6. The zero-order valence-corrected chi connectivity index (χ0v) is 13.2. The maximum atomic E-state index is 12.2. The van der Waals surface area contributed by atoms with Crippen LogP contribution < -0.4 is 5.32 Å². The van der Waals surface area contributed by atoms with Gasteiger partial charge < -0.3 is 5.32 Å². The summed E-state index contributed by atoms with van der Waals surface area (Å²) < 4.78 is 24.4. The maximum absolute atomic E-state index is 12.2. The fraction of sp³-hybridized carbons (Fsp3) is 0.357. The smallest absolute Gasteiger partial charge is 0.180 e. The van der Waals surface area contributed by atoms with Crippen LogP contribution in [0.4, 0.5) is 5.69 Å². The molecule has 1 aromatic heterocycles. The molecule has 0 aliphatic rings. The summed E-state index contributed by atoms with van der Waals surface area (Å²) in [6.07, 6.45) is 2.43. The number of nitrogens with one attached hydrogen (secondary N) is 1. The molecule has 2 rings (SSSR count). The molecule has 0 atom stereocenters. The summed E-state index contributed by atoms with van der Waals surface area (Å²) in [6, 6.07) is 7.05. The summed E-state index contributed by atoms with van der Waals surface area (Å²) in [6.45, 7) is 4.41. The number of aryl methyl sites for hydroxylation is 1. The van der Waals surface area contributed by atoms with Crippen molar-refractivity contribution in [1.82, 2.24) is 4.98 Å². The van der Waals surface area contributed by atoms with Crippen molar-refractivity contribution in [3.05, 3.63) is 40.3 Å². The third-order valence-electron chi connectivity index (χ3n) is 2.82. The highest BCUT2D eigenvalue weighted by atomic mass is 32.2. The molecule has 1 heterocycles. The van der Waals surface area contributed by atoms with E-state index in [1.807, 2.05) is 26.1 Å². The van der Waals surface area contributed by atoms with Crippen molar-refractivity contribution in [3.63, 3.8) is 0 Å². The highest BCUT2D eigenvalue weighted by molar-refractivity contribution is 7.91. The van der Waals surface area contributed by atoms with Gasteiger partial charge in [0.1, 0.15) is 0 Å². The molecule has 0 saturated carbocycles. The van der Waals surface area contributed by atoms with Gasteiger partial charge in [0.05, 0.1) is 27.9 Å². The Hall–Kier alpha value is -1.40. The summed E-state index contributed by atoms with van der Waals surface area (Å²) >= 11 is 1.61. The molecule has 6 heteroatoms. The fourth-order valence-electron chi connectivity index (χ4n) is 1.93. The predicted molar refractivity (Wildman–Crippen MR) is 83.0 cm³/mol. The molecule has 20 heavy (non-hydrogen) atoms. The lowest BCUT2D eigenvalue weighted by molar-refractivity contribution is 0.595. The SMILES string of the molecule is CCCS(=O)(=O)c1ccccc1NCc1cnc(C)s1. The van der Waals surface area contributed by atoms with Gasteiger partial charge in [0.15, 0.2) is 9.84 Å². The number of para-hydroxylation sites is 1. The van der Waals surface area contributed by atoms with Crippen LogP contribution in [0.3, 0.4) is 0 Å². The van der Waals surface area contributed by atoms with E-state index in [2.05, 4.69) is 10.3 Å². The summed E-state index contributed by atoms with van der Waals surface area (Å²) in [5, 5.41) is 4.21. The Bertz CT molecular complexity index is 678. The summed E-state index contributed by atoms with van der Waals surface area (Å²) in [5.41, 5.74) is 0.659. The molecule has 108 valence electrons. The molecule has 0 bridgehead atoms. The Labute approximate surface area is 123 Å². The van der Waals surface area contributed by atoms with Gasteiger partial charge in [0, 0.05) is 11.1 Å². The first-order chi connectivity index (χ1) is 9.53. The molecule has 0 amide bonds. The van der Waals surface area contributed by atoms with E-state index in [4.69, 9.17) is 0 Å². The second-order valence-electron chi connectivity index (χ2n) is 4.51. The van der Waals surface area contributed by atoms with Crippen LogP contribution in [0.25, 0.3) is 0 Å². The molecule has 4 nitrogen and oxygen atoms in total. The minimum Gasteiger partial charge on any atom is -0.379 e. The Morgan fingerprint density at radius 1 is 1.30 bits per heavy atom. The Kier molecular flexibility index (Phi) is 4.77. The molecule has 1 aromatic carbocycles. The first-order valence-electron chi connectivity index (χ1n) is 6.50. The Balaban J connectivity index is 2.20. The Morgan fingerprint density at radius 2 is 2.05 bits per heavy atom. The monoisotopic (exact) mass is 310 g/mol. The number of hydrogen-bond acceptors (Lipinski definition) is 5. The highest BCUT2D eigenvalue weighted by Gasteiger charge is 2.17. The lowest BCUT2D eigenvalue weighted by Gasteiger charge is -2.11. The van der Waals surface area contributed by atoms with Gasteiger partial charge in [-0.1, -0.05) is 19.1 Å². The summed E-state index contributed by atoms with van der Waals surface area (Å²) in [4.78, 5) is 5.66. The van der Waals surface area contributed by atoms with Gasteiger partial charge in [-0.2, -0.15) is 0 Å². The maximum Gasteiger partial charge on any atom is 0.180 e. The normalized spacial score (nSPS) is 11.5. The summed E-state index contributed by atoms with van der Waals surface area (Å²) in [7, 11) is -3.21. The van der Waals surface area contributed by atoms with E-state index in [9.17, 15) is 8.42 Å². The Morgan fingerprint density at radius 3 is 2.70 bits per heavy atom. The molecular weight excluding hydrogens is 292 g/mol. The van der Waals surface area contributed by atoms with Crippen LogP contribution >= 0.6 is 11.3 Å². The van der Waals surface area contributed by atoms with Crippen LogP contribution in [0, 0.1) is 6.92 Å². The zero-order valence-electron chi connectivity index (χ0n) is 11.6. The third kappa shape index (κ3) is 3.58. The van der Waals surface area contributed by atoms with E-state index >= 15 is 0 Å². The van der Waals surface area contributed by atoms with Crippen LogP contribution in [0.1, 0.15) is 23.2 Å².